The largest absolute Gasteiger partial charge is 0.805 e. The first-order valence-corrected chi connectivity index (χ1v) is 7.59. The molecule has 6 heteroatoms. The van der Waals surface area contributed by atoms with E-state index in [1.165, 1.54) is 13.3 Å². The van der Waals surface area contributed by atoms with Crippen molar-refractivity contribution < 1.29 is 9.22 Å². The highest BCUT2D eigenvalue weighted by Gasteiger charge is 2.28. The van der Waals surface area contributed by atoms with Crippen molar-refractivity contribution in [2.24, 2.45) is 0 Å². The van der Waals surface area contributed by atoms with Crippen LogP contribution in [0.2, 0.25) is 0 Å². The molecule has 1 saturated heterocycles. The molecule has 0 radical (unpaired) electrons. The number of Topliss-reactive ketones (excluding diaryl/α,β-unsaturated/α-hetero) is 1. The molecule has 0 saturated carbocycles. The SMILES string of the molecule is Cc1c(C(=O)CN2CCCCC2)[n+](=O)c2ccccc2n1[O-]. The number of hydrogen-bond donors (Lipinski definition) is 0. The van der Waals surface area contributed by atoms with Gasteiger partial charge in [-0.05, 0) is 38.9 Å². The van der Waals surface area contributed by atoms with Gasteiger partial charge in [0.15, 0.2) is 0 Å². The third-order valence-electron chi connectivity index (χ3n) is 4.25. The minimum atomic E-state index is -0.287. The first-order valence-electron chi connectivity index (χ1n) is 7.59. The van der Waals surface area contributed by atoms with Crippen LogP contribution < -0.4 is 4.43 Å². The highest BCUT2D eigenvalue weighted by atomic mass is 16.5. The standard InChI is InChI=1S/C16H19N3O3/c1-12-16(15(20)11-17-9-5-2-6-10-17)19(22)14-8-4-3-7-13(14)18(12)21/h3-4,7-8H,2,5-6,9-11H2,1H3. The van der Waals surface area contributed by atoms with E-state index in [9.17, 15) is 14.9 Å². The van der Waals surface area contributed by atoms with E-state index in [-0.39, 0.29) is 34.7 Å². The van der Waals surface area contributed by atoms with Gasteiger partial charge in [0, 0.05) is 11.0 Å². The fourth-order valence-corrected chi connectivity index (χ4v) is 3.06. The Morgan fingerprint density at radius 3 is 2.64 bits per heavy atom. The fourth-order valence-electron chi connectivity index (χ4n) is 3.06. The van der Waals surface area contributed by atoms with Crippen molar-refractivity contribution in [1.82, 2.24) is 9.63 Å². The van der Waals surface area contributed by atoms with Crippen molar-refractivity contribution in [2.45, 2.75) is 26.2 Å². The van der Waals surface area contributed by atoms with Gasteiger partial charge in [0.25, 0.3) is 5.52 Å². The second kappa shape index (κ2) is 5.88. The van der Waals surface area contributed by atoms with Gasteiger partial charge in [0.1, 0.15) is 5.52 Å². The molecule has 0 bridgehead atoms. The van der Waals surface area contributed by atoms with Crippen LogP contribution in [0.5, 0.6) is 0 Å². The molecule has 1 aromatic carbocycles. The minimum Gasteiger partial charge on any atom is -0.805 e. The van der Waals surface area contributed by atoms with Crippen LogP contribution >= 0.6 is 0 Å². The summed E-state index contributed by atoms with van der Waals surface area (Å²) in [5.74, 6) is -0.287. The lowest BCUT2D eigenvalue weighted by Crippen LogP contribution is -2.39. The Morgan fingerprint density at radius 2 is 1.91 bits per heavy atom. The molecule has 0 unspecified atom stereocenters. The van der Waals surface area contributed by atoms with Gasteiger partial charge < -0.3 is 9.94 Å². The van der Waals surface area contributed by atoms with E-state index in [1.807, 2.05) is 0 Å². The quantitative estimate of drug-likeness (QED) is 0.641. The Balaban J connectivity index is 2.02. The lowest BCUT2D eigenvalue weighted by atomic mass is 10.1. The molecule has 0 spiro atoms. The molecular formula is C16H19N3O3. The molecule has 22 heavy (non-hydrogen) atoms. The highest BCUT2D eigenvalue weighted by Crippen LogP contribution is 2.15. The summed E-state index contributed by atoms with van der Waals surface area (Å²) in [5, 5.41) is 12.3. The summed E-state index contributed by atoms with van der Waals surface area (Å²) in [6, 6.07) is 6.53. The van der Waals surface area contributed by atoms with E-state index >= 15 is 0 Å². The van der Waals surface area contributed by atoms with E-state index in [0.29, 0.717) is 9.16 Å². The lowest BCUT2D eigenvalue weighted by Gasteiger charge is -2.25. The molecule has 2 aromatic rings. The zero-order chi connectivity index (χ0) is 15.7. The molecule has 3 rings (SSSR count). The normalized spacial score (nSPS) is 16.0. The van der Waals surface area contributed by atoms with E-state index < -0.39 is 0 Å². The van der Waals surface area contributed by atoms with Crippen molar-refractivity contribution in [1.29, 1.82) is 0 Å². The molecule has 1 aliphatic heterocycles. The topological polar surface area (TPSA) is 71.3 Å². The number of piperidine rings is 1. The van der Waals surface area contributed by atoms with Crippen LogP contribution in [0.3, 0.4) is 0 Å². The van der Waals surface area contributed by atoms with Crippen LogP contribution in [0.25, 0.3) is 11.0 Å². The van der Waals surface area contributed by atoms with Gasteiger partial charge in [0.2, 0.25) is 5.78 Å². The number of ketones is 1. The molecule has 6 nitrogen and oxygen atoms in total. The average Bonchev–Trinajstić information content (AvgIpc) is 2.54. The van der Waals surface area contributed by atoms with Gasteiger partial charge in [-0.15, -0.1) is 0 Å². The van der Waals surface area contributed by atoms with Crippen LogP contribution in [-0.2, 0) is 0 Å². The third kappa shape index (κ3) is 2.50. The summed E-state index contributed by atoms with van der Waals surface area (Å²) in [4.78, 5) is 27.1. The Bertz CT molecular complexity index is 776. The number of benzene rings is 1. The van der Waals surface area contributed by atoms with Crippen LogP contribution in [0.4, 0.5) is 0 Å². The number of carbonyl (C=O) groups excluding carboxylic acids is 1. The molecule has 1 aliphatic rings. The van der Waals surface area contributed by atoms with Crippen LogP contribution in [0.1, 0.15) is 35.4 Å². The smallest absolute Gasteiger partial charge is 0.326 e. The summed E-state index contributed by atoms with van der Waals surface area (Å²) in [6.45, 7) is 3.46. The number of nitrogens with zero attached hydrogens (tertiary/aromatic N) is 3. The summed E-state index contributed by atoms with van der Waals surface area (Å²) < 4.78 is 1.28. The second-order valence-corrected chi connectivity index (χ2v) is 5.77. The number of para-hydroxylation sites is 2. The molecule has 1 fully saturated rings. The van der Waals surface area contributed by atoms with E-state index in [0.717, 1.165) is 25.9 Å². The minimum absolute atomic E-state index is 0.0423. The van der Waals surface area contributed by atoms with Crippen LogP contribution in [0.15, 0.2) is 24.3 Å². The predicted octanol–water partition coefficient (Wildman–Crippen LogP) is 1.88. The van der Waals surface area contributed by atoms with Gasteiger partial charge in [-0.1, -0.05) is 18.6 Å². The van der Waals surface area contributed by atoms with E-state index in [1.54, 1.807) is 24.3 Å². The first kappa shape index (κ1) is 14.7. The third-order valence-corrected chi connectivity index (χ3v) is 4.25. The zero-order valence-corrected chi connectivity index (χ0v) is 12.6. The van der Waals surface area contributed by atoms with Crippen molar-refractivity contribution in [2.75, 3.05) is 19.6 Å². The monoisotopic (exact) mass is 301 g/mol. The summed E-state index contributed by atoms with van der Waals surface area (Å²) in [6.07, 6.45) is 3.33. The van der Waals surface area contributed by atoms with E-state index in [2.05, 4.69) is 4.90 Å². The number of rotatable bonds is 3. The van der Waals surface area contributed by atoms with Crippen LogP contribution in [0, 0.1) is 17.0 Å². The van der Waals surface area contributed by atoms with Crippen LogP contribution in [-0.4, -0.2) is 35.0 Å². The van der Waals surface area contributed by atoms with Crippen molar-refractivity contribution in [3.8, 4) is 0 Å². The molecule has 0 aliphatic carbocycles. The number of likely N-dealkylation sites (tertiary alicyclic amines) is 1. The Labute approximate surface area is 128 Å². The number of fused-ring (bicyclic) bond motifs is 1. The van der Waals surface area contributed by atoms with Gasteiger partial charge in [-0.25, -0.2) is 0 Å². The Kier molecular flexibility index (Phi) is 3.94. The van der Waals surface area contributed by atoms with E-state index in [4.69, 9.17) is 0 Å². The van der Waals surface area contributed by atoms with Crippen molar-refractivity contribution in [3.63, 3.8) is 0 Å². The Hall–Kier alpha value is -2.21. The second-order valence-electron chi connectivity index (χ2n) is 5.77. The molecule has 1 aromatic heterocycles. The maximum Gasteiger partial charge on any atom is 0.326 e. The molecule has 0 amide bonds. The zero-order valence-electron chi connectivity index (χ0n) is 12.6. The molecule has 0 N–H and O–H groups in total. The van der Waals surface area contributed by atoms with Crippen molar-refractivity contribution in [3.05, 3.63) is 45.8 Å². The highest BCUT2D eigenvalue weighted by molar-refractivity contribution is 5.96. The van der Waals surface area contributed by atoms with Crippen molar-refractivity contribution >= 4 is 16.8 Å². The number of carbonyl (C=O) groups is 1. The number of hydrogen-bond acceptors (Lipinski definition) is 4. The summed E-state index contributed by atoms with van der Waals surface area (Å²) in [5.41, 5.74) is 0.629. The van der Waals surface area contributed by atoms with Gasteiger partial charge in [-0.2, -0.15) is 0 Å². The average molecular weight is 301 g/mol. The first-order chi connectivity index (χ1) is 10.6. The van der Waals surface area contributed by atoms with Gasteiger partial charge in [-0.3, -0.25) is 9.69 Å². The molecular weight excluding hydrogens is 282 g/mol. The summed E-state index contributed by atoms with van der Waals surface area (Å²) >= 11 is 0. The Morgan fingerprint density at radius 1 is 1.23 bits per heavy atom. The molecule has 2 heterocycles. The fraction of sp³-hybridized carbons (Fsp3) is 0.438. The van der Waals surface area contributed by atoms with Gasteiger partial charge in [0.05, 0.1) is 16.7 Å². The predicted molar refractivity (Wildman–Crippen MR) is 83.4 cm³/mol. The number of aromatic nitrogens is 2. The molecule has 0 atom stereocenters. The summed E-state index contributed by atoms with van der Waals surface area (Å²) in [7, 11) is 0. The maximum absolute atomic E-state index is 12.5. The lowest BCUT2D eigenvalue weighted by molar-refractivity contribution is -0.468. The maximum atomic E-state index is 12.5. The molecule has 116 valence electrons. The van der Waals surface area contributed by atoms with Gasteiger partial charge >= 0.3 is 5.69 Å².